The van der Waals surface area contributed by atoms with Crippen LogP contribution in [0.5, 0.6) is 0 Å². The molecule has 0 unspecified atom stereocenters. The summed E-state index contributed by atoms with van der Waals surface area (Å²) in [6, 6.07) is 0. The van der Waals surface area contributed by atoms with E-state index in [1.807, 2.05) is 6.92 Å². The molecule has 21 heavy (non-hydrogen) atoms. The number of rotatable bonds is 3. The van der Waals surface area contributed by atoms with Crippen molar-refractivity contribution >= 4 is 11.6 Å². The maximum Gasteiger partial charge on any atom is 0.391 e. The number of aryl methyl sites for hydroxylation is 2. The molecule has 0 aliphatic heterocycles. The van der Waals surface area contributed by atoms with Crippen LogP contribution in [-0.2, 0) is 13.0 Å². The van der Waals surface area contributed by atoms with Gasteiger partial charge in [-0.15, -0.1) is 0 Å². The quantitative estimate of drug-likeness (QED) is 0.916. The topological polar surface area (TPSA) is 38.0 Å². The molecule has 1 N–H and O–H groups in total. The van der Waals surface area contributed by atoms with E-state index in [1.54, 1.807) is 11.6 Å². The summed E-state index contributed by atoms with van der Waals surface area (Å²) >= 11 is 6.20. The van der Waals surface area contributed by atoms with Crippen LogP contribution in [0, 0.1) is 12.8 Å². The Morgan fingerprint density at radius 3 is 2.43 bits per heavy atom. The Labute approximate surface area is 127 Å². The van der Waals surface area contributed by atoms with Crippen LogP contribution in [0.25, 0.3) is 0 Å². The average molecular weight is 325 g/mol. The van der Waals surface area contributed by atoms with Crippen molar-refractivity contribution in [3.05, 3.63) is 16.4 Å². The smallest absolute Gasteiger partial charge is 0.389 e. The van der Waals surface area contributed by atoms with Gasteiger partial charge in [0.25, 0.3) is 0 Å². The molecule has 2 rings (SSSR count). The van der Waals surface area contributed by atoms with Gasteiger partial charge in [0.05, 0.1) is 27.9 Å². The zero-order valence-corrected chi connectivity index (χ0v) is 12.9. The van der Waals surface area contributed by atoms with Gasteiger partial charge in [0.1, 0.15) is 0 Å². The SMILES string of the molecule is CCn1nc(C)c(Cl)c1CC1(O)CCC(C(F)(F)F)CC1. The highest BCUT2D eigenvalue weighted by Gasteiger charge is 2.45. The highest BCUT2D eigenvalue weighted by molar-refractivity contribution is 6.31. The van der Waals surface area contributed by atoms with Crippen LogP contribution < -0.4 is 0 Å². The fourth-order valence-corrected chi connectivity index (χ4v) is 3.21. The van der Waals surface area contributed by atoms with Crippen molar-refractivity contribution in [2.24, 2.45) is 5.92 Å². The van der Waals surface area contributed by atoms with E-state index < -0.39 is 17.7 Å². The molecule has 120 valence electrons. The Bertz CT molecular complexity index is 505. The lowest BCUT2D eigenvalue weighted by Crippen LogP contribution is -2.40. The molecule has 0 radical (unpaired) electrons. The maximum atomic E-state index is 12.7. The molecule has 7 heteroatoms. The highest BCUT2D eigenvalue weighted by atomic mass is 35.5. The van der Waals surface area contributed by atoms with Gasteiger partial charge >= 0.3 is 6.18 Å². The third-order valence-electron chi connectivity index (χ3n) is 4.33. The molecule has 1 heterocycles. The van der Waals surface area contributed by atoms with Crippen molar-refractivity contribution in [3.63, 3.8) is 0 Å². The molecule has 0 amide bonds. The van der Waals surface area contributed by atoms with Crippen LogP contribution in [0.4, 0.5) is 13.2 Å². The first kappa shape index (κ1) is 16.6. The van der Waals surface area contributed by atoms with Crippen LogP contribution in [0.3, 0.4) is 0 Å². The lowest BCUT2D eigenvalue weighted by molar-refractivity contribution is -0.192. The van der Waals surface area contributed by atoms with E-state index in [-0.39, 0.29) is 32.1 Å². The van der Waals surface area contributed by atoms with Crippen molar-refractivity contribution < 1.29 is 18.3 Å². The zero-order chi connectivity index (χ0) is 15.8. The number of alkyl halides is 3. The van der Waals surface area contributed by atoms with Gasteiger partial charge in [-0.2, -0.15) is 18.3 Å². The van der Waals surface area contributed by atoms with E-state index in [0.29, 0.717) is 23.0 Å². The molecule has 0 atom stereocenters. The predicted octanol–water partition coefficient (Wildman–Crippen LogP) is 3.89. The largest absolute Gasteiger partial charge is 0.391 e. The van der Waals surface area contributed by atoms with Crippen molar-refractivity contribution in [2.75, 3.05) is 0 Å². The summed E-state index contributed by atoms with van der Waals surface area (Å²) in [4.78, 5) is 0. The summed E-state index contributed by atoms with van der Waals surface area (Å²) in [6.45, 7) is 4.31. The molecule has 0 bridgehead atoms. The summed E-state index contributed by atoms with van der Waals surface area (Å²) in [6.07, 6.45) is -3.69. The molecule has 1 aromatic rings. The Morgan fingerprint density at radius 2 is 1.95 bits per heavy atom. The van der Waals surface area contributed by atoms with Gasteiger partial charge in [-0.1, -0.05) is 11.6 Å². The number of halogens is 4. The van der Waals surface area contributed by atoms with Gasteiger partial charge in [-0.25, -0.2) is 0 Å². The third-order valence-corrected chi connectivity index (χ3v) is 4.82. The minimum atomic E-state index is -4.17. The first-order valence-corrected chi connectivity index (χ1v) is 7.55. The standard InChI is InChI=1S/C14H20ClF3N2O/c1-3-20-11(12(15)9(2)19-20)8-13(21)6-4-10(5-7-13)14(16,17)18/h10,21H,3-8H2,1-2H3. The fourth-order valence-electron chi connectivity index (χ4n) is 3.01. The second-order valence-electron chi connectivity index (χ2n) is 5.88. The number of nitrogens with zero attached hydrogens (tertiary/aromatic N) is 2. The first-order chi connectivity index (χ1) is 9.66. The van der Waals surface area contributed by atoms with E-state index in [9.17, 15) is 18.3 Å². The van der Waals surface area contributed by atoms with Crippen molar-refractivity contribution in [2.45, 2.75) is 64.3 Å². The van der Waals surface area contributed by atoms with Gasteiger partial charge in [0, 0.05) is 13.0 Å². The van der Waals surface area contributed by atoms with Crippen LogP contribution in [-0.4, -0.2) is 26.7 Å². The monoisotopic (exact) mass is 324 g/mol. The number of hydrogen-bond acceptors (Lipinski definition) is 2. The highest BCUT2D eigenvalue weighted by Crippen LogP contribution is 2.42. The molecule has 0 aromatic carbocycles. The molecule has 1 aromatic heterocycles. The van der Waals surface area contributed by atoms with Crippen LogP contribution >= 0.6 is 11.6 Å². The summed E-state index contributed by atoms with van der Waals surface area (Å²) in [5.74, 6) is -1.30. The van der Waals surface area contributed by atoms with Crippen molar-refractivity contribution in [1.29, 1.82) is 0 Å². The number of aromatic nitrogens is 2. The lowest BCUT2D eigenvalue weighted by atomic mass is 9.76. The summed E-state index contributed by atoms with van der Waals surface area (Å²) < 4.78 is 39.8. The van der Waals surface area contributed by atoms with E-state index in [1.165, 1.54) is 0 Å². The van der Waals surface area contributed by atoms with E-state index in [4.69, 9.17) is 11.6 Å². The third kappa shape index (κ3) is 3.54. The van der Waals surface area contributed by atoms with Gasteiger partial charge < -0.3 is 5.11 Å². The Kier molecular flexibility index (Phi) is 4.59. The molecule has 3 nitrogen and oxygen atoms in total. The van der Waals surface area contributed by atoms with Crippen LogP contribution in [0.2, 0.25) is 5.02 Å². The molecule has 1 saturated carbocycles. The molecule has 0 saturated heterocycles. The number of hydrogen-bond donors (Lipinski definition) is 1. The summed E-state index contributed by atoms with van der Waals surface area (Å²) in [5, 5.41) is 15.4. The van der Waals surface area contributed by atoms with Crippen molar-refractivity contribution in [1.82, 2.24) is 9.78 Å². The predicted molar refractivity (Wildman–Crippen MR) is 74.3 cm³/mol. The maximum absolute atomic E-state index is 12.7. The van der Waals surface area contributed by atoms with Gasteiger partial charge in [0.15, 0.2) is 0 Å². The molecule has 0 spiro atoms. The molecule has 1 aliphatic rings. The Balaban J connectivity index is 2.10. The number of aliphatic hydroxyl groups is 1. The molecular weight excluding hydrogens is 305 g/mol. The van der Waals surface area contributed by atoms with Crippen LogP contribution in [0.1, 0.15) is 44.0 Å². The minimum absolute atomic E-state index is 0.0309. The van der Waals surface area contributed by atoms with E-state index in [2.05, 4.69) is 5.10 Å². The lowest BCUT2D eigenvalue weighted by Gasteiger charge is -2.36. The Morgan fingerprint density at radius 1 is 1.38 bits per heavy atom. The van der Waals surface area contributed by atoms with Crippen LogP contribution in [0.15, 0.2) is 0 Å². The fraction of sp³-hybridized carbons (Fsp3) is 0.786. The normalized spacial score (nSPS) is 27.1. The van der Waals surface area contributed by atoms with Gasteiger partial charge in [0.2, 0.25) is 0 Å². The molecule has 1 aliphatic carbocycles. The minimum Gasteiger partial charge on any atom is -0.389 e. The Hall–Kier alpha value is -0.750. The molecule has 1 fully saturated rings. The zero-order valence-electron chi connectivity index (χ0n) is 12.2. The summed E-state index contributed by atoms with van der Waals surface area (Å²) in [7, 11) is 0. The molecular formula is C14H20ClF3N2O. The van der Waals surface area contributed by atoms with Gasteiger partial charge in [-0.05, 0) is 39.5 Å². The van der Waals surface area contributed by atoms with E-state index in [0.717, 1.165) is 0 Å². The average Bonchev–Trinajstić information content (AvgIpc) is 2.65. The van der Waals surface area contributed by atoms with E-state index >= 15 is 0 Å². The summed E-state index contributed by atoms with van der Waals surface area (Å²) in [5.41, 5.74) is 0.274. The van der Waals surface area contributed by atoms with Gasteiger partial charge in [-0.3, -0.25) is 4.68 Å². The van der Waals surface area contributed by atoms with Crippen molar-refractivity contribution in [3.8, 4) is 0 Å². The second-order valence-corrected chi connectivity index (χ2v) is 6.26. The second kappa shape index (κ2) is 5.80. The first-order valence-electron chi connectivity index (χ1n) is 7.17.